The summed E-state index contributed by atoms with van der Waals surface area (Å²) in [5, 5.41) is 18.9. The summed E-state index contributed by atoms with van der Waals surface area (Å²) in [5.41, 5.74) is 3.68. The van der Waals surface area contributed by atoms with Gasteiger partial charge in [0.1, 0.15) is 5.78 Å². The molecule has 1 saturated carbocycles. The average molecular weight is 363 g/mol. The van der Waals surface area contributed by atoms with E-state index in [4.69, 9.17) is 9.94 Å². The fourth-order valence-corrected chi connectivity index (χ4v) is 3.93. The van der Waals surface area contributed by atoms with Crippen LogP contribution in [0.2, 0.25) is 0 Å². The lowest BCUT2D eigenvalue weighted by Crippen LogP contribution is -2.28. The molecule has 0 radical (unpaired) electrons. The van der Waals surface area contributed by atoms with Crippen LogP contribution in [-0.2, 0) is 14.4 Å². The van der Waals surface area contributed by atoms with E-state index >= 15 is 0 Å². The first-order valence-corrected chi connectivity index (χ1v) is 9.33. The number of carboxylic acids is 1. The van der Waals surface area contributed by atoms with Crippen LogP contribution in [0.3, 0.4) is 0 Å². The molecule has 2 aliphatic carbocycles. The average Bonchev–Trinajstić information content (AvgIpc) is 3.10. The summed E-state index contributed by atoms with van der Waals surface area (Å²) in [7, 11) is 0. The molecule has 0 aromatic rings. The zero-order chi connectivity index (χ0) is 19.1. The number of nitrogens with one attached hydrogen (secondary N) is 1. The summed E-state index contributed by atoms with van der Waals surface area (Å²) in [6.45, 7) is 4.00. The summed E-state index contributed by atoms with van der Waals surface area (Å²) < 4.78 is 0. The van der Waals surface area contributed by atoms with Crippen LogP contribution in [0, 0.1) is 35.5 Å². The lowest BCUT2D eigenvalue weighted by atomic mass is 9.85. The van der Waals surface area contributed by atoms with E-state index in [0.29, 0.717) is 18.8 Å². The molecule has 144 valence electrons. The predicted octanol–water partition coefficient (Wildman–Crippen LogP) is 2.28. The second-order valence-electron chi connectivity index (χ2n) is 7.40. The molecule has 0 heterocycles. The Labute approximate surface area is 155 Å². The van der Waals surface area contributed by atoms with Crippen molar-refractivity contribution in [3.05, 3.63) is 11.8 Å². The standard InChI is InChI=1S/C20H29NO5/c1-3-4-5-13(2)6-7-17(22)20-16-12-15(10-14(16)11-18(20)23)21-26-9-8-19(24)25/h12-14,16,18,20-21,23H,5-11H2,1-2H3,(H,24,25)/t13?,14-,16-,18+,20-/m1/s1. The maximum absolute atomic E-state index is 12.7. The van der Waals surface area contributed by atoms with Gasteiger partial charge in [-0.3, -0.25) is 19.9 Å². The van der Waals surface area contributed by atoms with Gasteiger partial charge in [0.25, 0.3) is 0 Å². The van der Waals surface area contributed by atoms with Gasteiger partial charge >= 0.3 is 5.97 Å². The van der Waals surface area contributed by atoms with Crippen LogP contribution >= 0.6 is 0 Å². The molecular formula is C20H29NO5. The van der Waals surface area contributed by atoms with Crippen LogP contribution < -0.4 is 5.48 Å². The molecule has 0 aliphatic heterocycles. The zero-order valence-electron chi connectivity index (χ0n) is 15.5. The van der Waals surface area contributed by atoms with Gasteiger partial charge < -0.3 is 10.2 Å². The highest BCUT2D eigenvalue weighted by Gasteiger charge is 2.47. The molecule has 2 rings (SSSR count). The fourth-order valence-electron chi connectivity index (χ4n) is 3.93. The third-order valence-electron chi connectivity index (χ3n) is 5.30. The van der Waals surface area contributed by atoms with Gasteiger partial charge in [-0.2, -0.15) is 0 Å². The van der Waals surface area contributed by atoms with E-state index in [1.165, 1.54) is 0 Å². The van der Waals surface area contributed by atoms with Gasteiger partial charge in [-0.15, -0.1) is 11.8 Å². The van der Waals surface area contributed by atoms with Crippen molar-refractivity contribution < 1.29 is 24.6 Å². The van der Waals surface area contributed by atoms with Gasteiger partial charge in [0.15, 0.2) is 0 Å². The highest BCUT2D eigenvalue weighted by Crippen LogP contribution is 2.46. The molecule has 0 spiro atoms. The zero-order valence-corrected chi connectivity index (χ0v) is 15.5. The maximum atomic E-state index is 12.7. The highest BCUT2D eigenvalue weighted by molar-refractivity contribution is 5.82. The molecule has 26 heavy (non-hydrogen) atoms. The molecule has 2 aliphatic rings. The lowest BCUT2D eigenvalue weighted by molar-refractivity contribution is -0.138. The number of allylic oxidation sites excluding steroid dienone is 2. The molecule has 0 bridgehead atoms. The molecule has 6 nitrogen and oxygen atoms in total. The molecule has 0 aromatic carbocycles. The fraction of sp³-hybridized carbons (Fsp3) is 0.700. The molecular weight excluding hydrogens is 334 g/mol. The number of rotatable bonds is 10. The van der Waals surface area contributed by atoms with Crippen molar-refractivity contribution in [1.29, 1.82) is 0 Å². The van der Waals surface area contributed by atoms with Crippen LogP contribution in [-0.4, -0.2) is 34.7 Å². The Balaban J connectivity index is 1.85. The Bertz CT molecular complexity index is 603. The van der Waals surface area contributed by atoms with Gasteiger partial charge in [0.05, 0.1) is 25.0 Å². The quantitative estimate of drug-likeness (QED) is 0.313. The minimum Gasteiger partial charge on any atom is -0.481 e. The summed E-state index contributed by atoms with van der Waals surface area (Å²) >= 11 is 0. The van der Waals surface area contributed by atoms with Crippen molar-refractivity contribution in [2.24, 2.45) is 23.7 Å². The number of aliphatic hydroxyl groups excluding tert-OH is 1. The second-order valence-corrected chi connectivity index (χ2v) is 7.40. The second kappa shape index (κ2) is 9.75. The first kappa shape index (κ1) is 20.5. The van der Waals surface area contributed by atoms with E-state index < -0.39 is 12.1 Å². The van der Waals surface area contributed by atoms with Crippen molar-refractivity contribution in [1.82, 2.24) is 5.48 Å². The third-order valence-corrected chi connectivity index (χ3v) is 5.30. The Hall–Kier alpha value is -1.84. The first-order valence-electron chi connectivity index (χ1n) is 9.33. The van der Waals surface area contributed by atoms with Crippen molar-refractivity contribution in [2.45, 2.75) is 58.5 Å². The number of ketones is 1. The number of hydroxylamine groups is 1. The van der Waals surface area contributed by atoms with E-state index in [1.54, 1.807) is 0 Å². The van der Waals surface area contributed by atoms with Crippen molar-refractivity contribution in [3.63, 3.8) is 0 Å². The van der Waals surface area contributed by atoms with E-state index in [9.17, 15) is 14.7 Å². The number of hydrogen-bond donors (Lipinski definition) is 3. The lowest BCUT2D eigenvalue weighted by Gasteiger charge is -2.19. The first-order chi connectivity index (χ1) is 12.4. The van der Waals surface area contributed by atoms with Gasteiger partial charge in [0.2, 0.25) is 0 Å². The summed E-state index contributed by atoms with van der Waals surface area (Å²) in [6.07, 6.45) is 4.75. The maximum Gasteiger partial charge on any atom is 0.305 e. The van der Waals surface area contributed by atoms with E-state index in [-0.39, 0.29) is 36.6 Å². The van der Waals surface area contributed by atoms with Gasteiger partial charge in [0, 0.05) is 18.5 Å². The number of aliphatic carboxylic acids is 1. The smallest absolute Gasteiger partial charge is 0.305 e. The third kappa shape index (κ3) is 5.58. The van der Waals surface area contributed by atoms with Crippen LogP contribution in [0.4, 0.5) is 0 Å². The predicted molar refractivity (Wildman–Crippen MR) is 96.6 cm³/mol. The summed E-state index contributed by atoms with van der Waals surface area (Å²) in [4.78, 5) is 28.3. The van der Waals surface area contributed by atoms with Crippen molar-refractivity contribution in [3.8, 4) is 11.8 Å². The highest BCUT2D eigenvalue weighted by atomic mass is 16.6. The van der Waals surface area contributed by atoms with Crippen molar-refractivity contribution >= 4 is 11.8 Å². The largest absolute Gasteiger partial charge is 0.481 e. The minimum absolute atomic E-state index is 0.0359. The Kier molecular flexibility index (Phi) is 7.67. The van der Waals surface area contributed by atoms with E-state index in [2.05, 4.69) is 24.2 Å². The molecule has 6 heteroatoms. The number of fused-ring (bicyclic) bond motifs is 1. The monoisotopic (exact) mass is 363 g/mol. The number of carbonyl (C=O) groups excluding carboxylic acids is 1. The number of carbonyl (C=O) groups is 2. The number of carboxylic acid groups (broad SMARTS) is 1. The van der Waals surface area contributed by atoms with Crippen LogP contribution in [0.5, 0.6) is 0 Å². The minimum atomic E-state index is -0.906. The van der Waals surface area contributed by atoms with Crippen LogP contribution in [0.1, 0.15) is 52.4 Å². The van der Waals surface area contributed by atoms with Gasteiger partial charge in [-0.1, -0.05) is 13.0 Å². The van der Waals surface area contributed by atoms with Crippen LogP contribution in [0.15, 0.2) is 11.8 Å². The number of Topliss-reactive ketones (excluding diaryl/α,β-unsaturated/α-hetero) is 1. The van der Waals surface area contributed by atoms with E-state index in [1.807, 2.05) is 13.0 Å². The molecule has 1 fully saturated rings. The summed E-state index contributed by atoms with van der Waals surface area (Å²) in [5.74, 6) is 5.46. The van der Waals surface area contributed by atoms with Crippen LogP contribution in [0.25, 0.3) is 0 Å². The number of aliphatic hydroxyl groups is 1. The Morgan fingerprint density at radius 3 is 2.88 bits per heavy atom. The Morgan fingerprint density at radius 1 is 1.42 bits per heavy atom. The molecule has 1 unspecified atom stereocenters. The molecule has 0 saturated heterocycles. The normalized spacial score (nSPS) is 27.9. The van der Waals surface area contributed by atoms with Crippen molar-refractivity contribution in [2.75, 3.05) is 6.61 Å². The van der Waals surface area contributed by atoms with E-state index in [0.717, 1.165) is 25.0 Å². The molecule has 3 N–H and O–H groups in total. The topological polar surface area (TPSA) is 95.9 Å². The summed E-state index contributed by atoms with van der Waals surface area (Å²) in [6, 6.07) is 0. The molecule has 5 atom stereocenters. The van der Waals surface area contributed by atoms with Gasteiger partial charge in [-0.05, 0) is 43.9 Å². The number of hydrogen-bond acceptors (Lipinski definition) is 5. The van der Waals surface area contributed by atoms with Gasteiger partial charge in [-0.25, -0.2) is 0 Å². The SMILES string of the molecule is CC#CCC(C)CCC(=O)[C@H]1[C@@H]2C=C(NOCCC(=O)O)C[C@@H]2C[C@@H]1O. The molecule has 0 amide bonds. The molecule has 0 aromatic heterocycles. The Morgan fingerprint density at radius 2 is 2.19 bits per heavy atom.